The number of nitrogens with one attached hydrogen (secondary N) is 2. The molecule has 1 aliphatic rings. The number of aryl methyl sites for hydroxylation is 1. The summed E-state index contributed by atoms with van der Waals surface area (Å²) in [6.07, 6.45) is 2.51. The largest absolute Gasteiger partial charge is 0.349 e. The van der Waals surface area contributed by atoms with E-state index in [1.165, 1.54) is 36.4 Å². The Morgan fingerprint density at radius 3 is 2.60 bits per heavy atom. The van der Waals surface area contributed by atoms with Gasteiger partial charge in [-0.25, -0.2) is 13.1 Å². The van der Waals surface area contributed by atoms with Crippen LogP contribution in [0.25, 0.3) is 0 Å². The zero-order valence-corrected chi connectivity index (χ0v) is 15.3. The number of hydrogen-bond donors (Lipinski definition) is 2. The molecule has 2 N–H and O–H groups in total. The van der Waals surface area contributed by atoms with E-state index < -0.39 is 10.0 Å². The summed E-state index contributed by atoms with van der Waals surface area (Å²) in [4.78, 5) is 12.6. The number of hydrogen-bond acceptors (Lipinski definition) is 3. The van der Waals surface area contributed by atoms with Gasteiger partial charge in [-0.05, 0) is 55.6 Å². The summed E-state index contributed by atoms with van der Waals surface area (Å²) in [5, 5.41) is 3.20. The van der Waals surface area contributed by atoms with Crippen molar-refractivity contribution in [2.24, 2.45) is 0 Å². The predicted molar refractivity (Wildman–Crippen MR) is 97.4 cm³/mol. The van der Waals surface area contributed by atoms with Crippen LogP contribution in [0.4, 0.5) is 0 Å². The van der Waals surface area contributed by atoms with Crippen molar-refractivity contribution in [1.29, 1.82) is 0 Å². The van der Waals surface area contributed by atoms with Crippen LogP contribution in [0.15, 0.2) is 47.4 Å². The van der Waals surface area contributed by atoms with Crippen molar-refractivity contribution < 1.29 is 13.2 Å². The SMILES string of the molecule is CNS(=O)(=O)c1ccc(Cl)c(C(=O)NC2CCc3ccccc3C2)c1. The van der Waals surface area contributed by atoms with Crippen molar-refractivity contribution in [3.8, 4) is 0 Å². The van der Waals surface area contributed by atoms with Crippen molar-refractivity contribution in [3.05, 3.63) is 64.2 Å². The van der Waals surface area contributed by atoms with Crippen LogP contribution in [0.5, 0.6) is 0 Å². The van der Waals surface area contributed by atoms with Crippen LogP contribution in [-0.2, 0) is 22.9 Å². The molecule has 2 aromatic rings. The van der Waals surface area contributed by atoms with Gasteiger partial charge < -0.3 is 5.32 Å². The molecule has 2 aromatic carbocycles. The van der Waals surface area contributed by atoms with Crippen LogP contribution in [0.2, 0.25) is 5.02 Å². The second-order valence-electron chi connectivity index (χ2n) is 6.03. The molecule has 7 heteroatoms. The molecule has 5 nitrogen and oxygen atoms in total. The number of fused-ring (bicyclic) bond motifs is 1. The number of carbonyl (C=O) groups excluding carboxylic acids is 1. The van der Waals surface area contributed by atoms with Gasteiger partial charge in [0.15, 0.2) is 0 Å². The van der Waals surface area contributed by atoms with Crippen molar-refractivity contribution in [2.45, 2.75) is 30.2 Å². The Kier molecular flexibility index (Phi) is 5.13. The van der Waals surface area contributed by atoms with Crippen molar-refractivity contribution in [1.82, 2.24) is 10.0 Å². The third kappa shape index (κ3) is 3.86. The summed E-state index contributed by atoms with van der Waals surface area (Å²) in [5.41, 5.74) is 2.71. The minimum atomic E-state index is -3.63. The van der Waals surface area contributed by atoms with Crippen LogP contribution >= 0.6 is 11.6 Å². The Morgan fingerprint density at radius 1 is 1.16 bits per heavy atom. The number of halogens is 1. The normalized spacial score (nSPS) is 17.0. The summed E-state index contributed by atoms with van der Waals surface area (Å²) >= 11 is 6.11. The molecule has 0 heterocycles. The molecule has 0 bridgehead atoms. The Morgan fingerprint density at radius 2 is 1.88 bits per heavy atom. The van der Waals surface area contributed by atoms with Gasteiger partial charge in [-0.2, -0.15) is 0 Å². The van der Waals surface area contributed by atoms with Crippen LogP contribution in [0.1, 0.15) is 27.9 Å². The summed E-state index contributed by atoms with van der Waals surface area (Å²) in [6, 6.07) is 12.3. The molecule has 132 valence electrons. The van der Waals surface area contributed by atoms with E-state index in [0.717, 1.165) is 19.3 Å². The molecule has 0 aromatic heterocycles. The smallest absolute Gasteiger partial charge is 0.253 e. The fourth-order valence-corrected chi connectivity index (χ4v) is 4.01. The first-order valence-corrected chi connectivity index (χ1v) is 9.87. The van der Waals surface area contributed by atoms with Crippen LogP contribution in [0, 0.1) is 0 Å². The number of benzene rings is 2. The minimum Gasteiger partial charge on any atom is -0.349 e. The fraction of sp³-hybridized carbons (Fsp3) is 0.278. The lowest BCUT2D eigenvalue weighted by molar-refractivity contribution is 0.0933. The molecule has 3 rings (SSSR count). The molecule has 0 aliphatic heterocycles. The van der Waals surface area contributed by atoms with E-state index in [9.17, 15) is 13.2 Å². The summed E-state index contributed by atoms with van der Waals surface area (Å²) < 4.78 is 26.1. The van der Waals surface area contributed by atoms with Gasteiger partial charge in [0.05, 0.1) is 15.5 Å². The fourth-order valence-electron chi connectivity index (χ4n) is 3.05. The summed E-state index contributed by atoms with van der Waals surface area (Å²) in [5.74, 6) is -0.359. The topological polar surface area (TPSA) is 75.3 Å². The van der Waals surface area contributed by atoms with Gasteiger partial charge in [-0.1, -0.05) is 35.9 Å². The first-order valence-electron chi connectivity index (χ1n) is 8.01. The summed E-state index contributed by atoms with van der Waals surface area (Å²) in [6.45, 7) is 0. The van der Waals surface area contributed by atoms with Gasteiger partial charge in [0, 0.05) is 6.04 Å². The van der Waals surface area contributed by atoms with Gasteiger partial charge >= 0.3 is 0 Å². The second-order valence-corrected chi connectivity index (χ2v) is 8.32. The zero-order valence-electron chi connectivity index (χ0n) is 13.8. The monoisotopic (exact) mass is 378 g/mol. The van der Waals surface area contributed by atoms with Crippen LogP contribution < -0.4 is 10.0 Å². The van der Waals surface area contributed by atoms with Crippen molar-refractivity contribution >= 4 is 27.5 Å². The first-order chi connectivity index (χ1) is 11.9. The van der Waals surface area contributed by atoms with E-state index in [-0.39, 0.29) is 27.4 Å². The molecule has 0 spiro atoms. The number of carbonyl (C=O) groups is 1. The van der Waals surface area contributed by atoms with Crippen LogP contribution in [0.3, 0.4) is 0 Å². The van der Waals surface area contributed by atoms with Gasteiger partial charge in [0.2, 0.25) is 10.0 Å². The molecule has 0 saturated heterocycles. The second kappa shape index (κ2) is 7.15. The number of rotatable bonds is 4. The molecule has 25 heavy (non-hydrogen) atoms. The highest BCUT2D eigenvalue weighted by atomic mass is 35.5. The van der Waals surface area contributed by atoms with Crippen molar-refractivity contribution in [2.75, 3.05) is 7.05 Å². The molecular formula is C18H19ClN2O3S. The van der Waals surface area contributed by atoms with E-state index in [0.29, 0.717) is 0 Å². The molecule has 1 atom stereocenters. The Bertz CT molecular complexity index is 912. The van der Waals surface area contributed by atoms with E-state index in [1.807, 2.05) is 12.1 Å². The third-order valence-electron chi connectivity index (χ3n) is 4.44. The lowest BCUT2D eigenvalue weighted by Gasteiger charge is -2.25. The highest BCUT2D eigenvalue weighted by Gasteiger charge is 2.23. The highest BCUT2D eigenvalue weighted by Crippen LogP contribution is 2.23. The lowest BCUT2D eigenvalue weighted by atomic mass is 9.88. The third-order valence-corrected chi connectivity index (χ3v) is 6.19. The van der Waals surface area contributed by atoms with E-state index in [4.69, 9.17) is 11.6 Å². The Balaban J connectivity index is 1.79. The van der Waals surface area contributed by atoms with Gasteiger partial charge in [-0.3, -0.25) is 4.79 Å². The maximum atomic E-state index is 12.6. The van der Waals surface area contributed by atoms with Gasteiger partial charge in [0.25, 0.3) is 5.91 Å². The minimum absolute atomic E-state index is 0.00281. The Hall–Kier alpha value is -1.89. The quantitative estimate of drug-likeness (QED) is 0.858. The van der Waals surface area contributed by atoms with E-state index in [1.54, 1.807) is 0 Å². The number of amides is 1. The average molecular weight is 379 g/mol. The molecular weight excluding hydrogens is 360 g/mol. The molecule has 0 saturated carbocycles. The van der Waals surface area contributed by atoms with Crippen molar-refractivity contribution in [3.63, 3.8) is 0 Å². The maximum absolute atomic E-state index is 12.6. The van der Waals surface area contributed by atoms with E-state index in [2.05, 4.69) is 22.2 Å². The molecule has 1 amide bonds. The maximum Gasteiger partial charge on any atom is 0.253 e. The predicted octanol–water partition coefficient (Wildman–Crippen LogP) is 2.54. The average Bonchev–Trinajstić information content (AvgIpc) is 2.61. The van der Waals surface area contributed by atoms with Gasteiger partial charge in [-0.15, -0.1) is 0 Å². The highest BCUT2D eigenvalue weighted by molar-refractivity contribution is 7.89. The summed E-state index contributed by atoms with van der Waals surface area (Å²) in [7, 11) is -2.31. The molecule has 0 fully saturated rings. The molecule has 1 unspecified atom stereocenters. The lowest BCUT2D eigenvalue weighted by Crippen LogP contribution is -2.39. The van der Waals surface area contributed by atoms with E-state index >= 15 is 0 Å². The van der Waals surface area contributed by atoms with Crippen LogP contribution in [-0.4, -0.2) is 27.4 Å². The molecule has 1 aliphatic carbocycles. The standard InChI is InChI=1S/C18H19ClN2O3S/c1-20-25(23,24)15-8-9-17(19)16(11-15)18(22)21-14-7-6-12-4-2-3-5-13(12)10-14/h2-5,8-9,11,14,20H,6-7,10H2,1H3,(H,21,22). The number of sulfonamides is 1. The zero-order chi connectivity index (χ0) is 18.0. The van der Waals surface area contributed by atoms with Gasteiger partial charge in [0.1, 0.15) is 0 Å². The molecule has 0 radical (unpaired) electrons. The first kappa shape index (κ1) is 17.9. The Labute approximate surface area is 152 Å².